The van der Waals surface area contributed by atoms with E-state index in [0.29, 0.717) is 6.42 Å². The van der Waals surface area contributed by atoms with Gasteiger partial charge in [0.05, 0.1) is 5.75 Å². The molecule has 0 amide bonds. The lowest BCUT2D eigenvalue weighted by Crippen LogP contribution is -2.01. The van der Waals surface area contributed by atoms with Crippen LogP contribution in [0.2, 0.25) is 0 Å². The lowest BCUT2D eigenvalue weighted by atomic mass is 10.4. The molecule has 0 radical (unpaired) electrons. The van der Waals surface area contributed by atoms with Gasteiger partial charge in [-0.2, -0.15) is 8.42 Å². The van der Waals surface area contributed by atoms with Gasteiger partial charge in [0.15, 0.2) is 0 Å². The molecule has 1 aromatic rings. The fourth-order valence-electron chi connectivity index (χ4n) is 0.643. The largest absolute Gasteiger partial charge is 0.286 e. The molecule has 0 aromatic heterocycles. The molecule has 0 heterocycles. The Labute approximate surface area is 79.2 Å². The number of benzene rings is 1. The lowest BCUT2D eigenvalue weighted by Gasteiger charge is -1.85. The third-order valence-corrected chi connectivity index (χ3v) is 2.05. The Morgan fingerprint density at radius 2 is 1.31 bits per heavy atom. The summed E-state index contributed by atoms with van der Waals surface area (Å²) >= 11 is 0. The maximum atomic E-state index is 9.79. The van der Waals surface area contributed by atoms with Crippen molar-refractivity contribution < 1.29 is 13.0 Å². The van der Waals surface area contributed by atoms with Crippen molar-refractivity contribution >= 4 is 10.1 Å². The van der Waals surface area contributed by atoms with E-state index in [-0.39, 0.29) is 5.75 Å². The van der Waals surface area contributed by atoms with E-state index in [4.69, 9.17) is 4.55 Å². The Bertz CT molecular complexity index is 265. The van der Waals surface area contributed by atoms with E-state index in [1.807, 2.05) is 36.4 Å². The molecule has 1 N–H and O–H groups in total. The predicted octanol–water partition coefficient (Wildman–Crippen LogP) is 1.97. The normalized spacial score (nSPS) is 10.0. The van der Waals surface area contributed by atoms with Crippen LogP contribution < -0.4 is 0 Å². The van der Waals surface area contributed by atoms with Gasteiger partial charge in [-0.05, 0) is 6.42 Å². The molecular formula is C9H14O3S. The standard InChI is InChI=1S/C6H6.C3H8O3S/c1-2-4-6-5-3-1;1-2-3-7(4,5)6/h1-6H;2-3H2,1H3,(H,4,5,6). The molecule has 0 atom stereocenters. The zero-order valence-electron chi connectivity index (χ0n) is 7.55. The summed E-state index contributed by atoms with van der Waals surface area (Å²) in [6.45, 7) is 1.69. The third kappa shape index (κ3) is 11.1. The summed E-state index contributed by atoms with van der Waals surface area (Å²) in [5.74, 6) is -0.132. The van der Waals surface area contributed by atoms with E-state index in [2.05, 4.69) is 0 Å². The molecule has 13 heavy (non-hydrogen) atoms. The summed E-state index contributed by atoms with van der Waals surface area (Å²) in [5.41, 5.74) is 0. The zero-order chi connectivity index (χ0) is 10.2. The molecule has 0 aliphatic rings. The van der Waals surface area contributed by atoms with Crippen molar-refractivity contribution in [3.8, 4) is 0 Å². The second-order valence-corrected chi connectivity index (χ2v) is 4.01. The molecule has 4 heteroatoms. The van der Waals surface area contributed by atoms with Crippen molar-refractivity contribution in [3.05, 3.63) is 36.4 Å². The molecule has 3 nitrogen and oxygen atoms in total. The first-order chi connectivity index (χ1) is 6.06. The molecular weight excluding hydrogens is 188 g/mol. The average Bonchev–Trinajstić information content (AvgIpc) is 2.06. The van der Waals surface area contributed by atoms with Crippen molar-refractivity contribution in [1.29, 1.82) is 0 Å². The van der Waals surface area contributed by atoms with Crippen LogP contribution in [0.3, 0.4) is 0 Å². The van der Waals surface area contributed by atoms with E-state index >= 15 is 0 Å². The summed E-state index contributed by atoms with van der Waals surface area (Å²) in [6, 6.07) is 12.0. The van der Waals surface area contributed by atoms with Gasteiger partial charge < -0.3 is 0 Å². The minimum Gasteiger partial charge on any atom is -0.286 e. The van der Waals surface area contributed by atoms with Crippen molar-refractivity contribution in [3.63, 3.8) is 0 Å². The predicted molar refractivity (Wildman–Crippen MR) is 53.1 cm³/mol. The van der Waals surface area contributed by atoms with Crippen molar-refractivity contribution in [2.75, 3.05) is 5.75 Å². The Morgan fingerprint density at radius 3 is 1.38 bits per heavy atom. The van der Waals surface area contributed by atoms with Crippen LogP contribution in [0.1, 0.15) is 13.3 Å². The van der Waals surface area contributed by atoms with E-state index in [9.17, 15) is 8.42 Å². The minimum atomic E-state index is -3.67. The maximum absolute atomic E-state index is 9.79. The summed E-state index contributed by atoms with van der Waals surface area (Å²) in [5, 5.41) is 0. The first kappa shape index (κ1) is 12.1. The van der Waals surface area contributed by atoms with Crippen LogP contribution in [-0.2, 0) is 10.1 Å². The quantitative estimate of drug-likeness (QED) is 0.746. The van der Waals surface area contributed by atoms with Gasteiger partial charge in [-0.25, -0.2) is 0 Å². The van der Waals surface area contributed by atoms with E-state index in [1.54, 1.807) is 6.92 Å². The van der Waals surface area contributed by atoms with Gasteiger partial charge in [0, 0.05) is 0 Å². The topological polar surface area (TPSA) is 54.4 Å². The second kappa shape index (κ2) is 6.62. The Morgan fingerprint density at radius 1 is 1.00 bits per heavy atom. The molecule has 0 bridgehead atoms. The molecule has 0 fully saturated rings. The Balaban J connectivity index is 0.000000223. The minimum absolute atomic E-state index is 0.132. The fraction of sp³-hybridized carbons (Fsp3) is 0.333. The van der Waals surface area contributed by atoms with Crippen molar-refractivity contribution in [1.82, 2.24) is 0 Å². The highest BCUT2D eigenvalue weighted by Gasteiger charge is 1.98. The smallest absolute Gasteiger partial charge is 0.264 e. The molecule has 0 aliphatic carbocycles. The molecule has 74 valence electrons. The van der Waals surface area contributed by atoms with Gasteiger partial charge in [0.25, 0.3) is 10.1 Å². The molecule has 0 saturated heterocycles. The highest BCUT2D eigenvalue weighted by atomic mass is 32.2. The molecule has 0 unspecified atom stereocenters. The van der Waals surface area contributed by atoms with Gasteiger partial charge in [0.1, 0.15) is 0 Å². The molecule has 1 rings (SSSR count). The second-order valence-electron chi connectivity index (χ2n) is 2.44. The van der Waals surface area contributed by atoms with Crippen LogP contribution in [0.25, 0.3) is 0 Å². The van der Waals surface area contributed by atoms with Gasteiger partial charge >= 0.3 is 0 Å². The highest BCUT2D eigenvalue weighted by Crippen LogP contribution is 1.83. The maximum Gasteiger partial charge on any atom is 0.264 e. The fourth-order valence-corrected chi connectivity index (χ4v) is 1.16. The average molecular weight is 202 g/mol. The summed E-state index contributed by atoms with van der Waals surface area (Å²) in [6.07, 6.45) is 0.471. The van der Waals surface area contributed by atoms with E-state index in [1.165, 1.54) is 0 Å². The monoisotopic (exact) mass is 202 g/mol. The first-order valence-electron chi connectivity index (χ1n) is 4.01. The number of hydrogen-bond acceptors (Lipinski definition) is 2. The zero-order valence-corrected chi connectivity index (χ0v) is 8.37. The number of rotatable bonds is 2. The van der Waals surface area contributed by atoms with Gasteiger partial charge in [-0.1, -0.05) is 43.3 Å². The number of hydrogen-bond donors (Lipinski definition) is 1. The SMILES string of the molecule is CCCS(=O)(=O)O.c1ccccc1. The van der Waals surface area contributed by atoms with Crippen LogP contribution >= 0.6 is 0 Å². The van der Waals surface area contributed by atoms with Crippen molar-refractivity contribution in [2.45, 2.75) is 13.3 Å². The lowest BCUT2D eigenvalue weighted by molar-refractivity contribution is 0.482. The van der Waals surface area contributed by atoms with Gasteiger partial charge in [-0.3, -0.25) is 4.55 Å². The Kier molecular flexibility index (Phi) is 6.18. The summed E-state index contributed by atoms with van der Waals surface area (Å²) < 4.78 is 27.6. The van der Waals surface area contributed by atoms with Gasteiger partial charge in [0.2, 0.25) is 0 Å². The van der Waals surface area contributed by atoms with Crippen LogP contribution in [0.5, 0.6) is 0 Å². The van der Waals surface area contributed by atoms with Crippen LogP contribution in [0.4, 0.5) is 0 Å². The summed E-state index contributed by atoms with van der Waals surface area (Å²) in [4.78, 5) is 0. The molecule has 0 spiro atoms. The van der Waals surface area contributed by atoms with E-state index < -0.39 is 10.1 Å². The summed E-state index contributed by atoms with van der Waals surface area (Å²) in [7, 11) is -3.67. The van der Waals surface area contributed by atoms with Crippen LogP contribution in [0, 0.1) is 0 Å². The first-order valence-corrected chi connectivity index (χ1v) is 5.62. The van der Waals surface area contributed by atoms with Crippen LogP contribution in [0.15, 0.2) is 36.4 Å². The van der Waals surface area contributed by atoms with Crippen LogP contribution in [-0.4, -0.2) is 18.7 Å². The molecule has 0 aliphatic heterocycles. The highest BCUT2D eigenvalue weighted by molar-refractivity contribution is 7.85. The third-order valence-electron chi connectivity index (χ3n) is 1.13. The molecule has 1 aromatic carbocycles. The van der Waals surface area contributed by atoms with Crippen molar-refractivity contribution in [2.24, 2.45) is 0 Å². The Hall–Kier alpha value is -0.870. The molecule has 0 saturated carbocycles. The van der Waals surface area contributed by atoms with E-state index in [0.717, 1.165) is 0 Å². The van der Waals surface area contributed by atoms with Gasteiger partial charge in [-0.15, -0.1) is 0 Å².